The summed E-state index contributed by atoms with van der Waals surface area (Å²) >= 11 is 5.94. The third kappa shape index (κ3) is 5.21. The maximum Gasteiger partial charge on any atom is 0.266 e. The van der Waals surface area contributed by atoms with Crippen molar-refractivity contribution in [1.82, 2.24) is 14.9 Å². The van der Waals surface area contributed by atoms with Gasteiger partial charge in [-0.2, -0.15) is 4.98 Å². The van der Waals surface area contributed by atoms with Crippen LogP contribution in [0.15, 0.2) is 36.5 Å². The van der Waals surface area contributed by atoms with Crippen molar-refractivity contribution in [2.24, 2.45) is 0 Å². The lowest BCUT2D eigenvalue weighted by atomic mass is 10.1. The van der Waals surface area contributed by atoms with Crippen molar-refractivity contribution in [2.45, 2.75) is 38.7 Å². The first-order valence-electron chi connectivity index (χ1n) is 11.0. The molecule has 166 valence electrons. The summed E-state index contributed by atoms with van der Waals surface area (Å²) in [6.07, 6.45) is 5.52. The van der Waals surface area contributed by atoms with Gasteiger partial charge < -0.3 is 19.4 Å². The van der Waals surface area contributed by atoms with Gasteiger partial charge in [0.15, 0.2) is 5.60 Å². The fourth-order valence-electron chi connectivity index (χ4n) is 4.12. The van der Waals surface area contributed by atoms with E-state index in [1.54, 1.807) is 24.3 Å². The van der Waals surface area contributed by atoms with E-state index in [1.807, 2.05) is 31.0 Å². The van der Waals surface area contributed by atoms with Gasteiger partial charge in [-0.25, -0.2) is 4.98 Å². The van der Waals surface area contributed by atoms with Crippen molar-refractivity contribution in [2.75, 3.05) is 49.1 Å². The molecule has 1 amide bonds. The van der Waals surface area contributed by atoms with Crippen molar-refractivity contribution in [3.63, 3.8) is 0 Å². The highest BCUT2D eigenvalue weighted by Crippen LogP contribution is 2.24. The Labute approximate surface area is 189 Å². The molecule has 0 N–H and O–H groups in total. The predicted octanol–water partition coefficient (Wildman–Crippen LogP) is 3.63. The zero-order valence-corrected chi connectivity index (χ0v) is 19.0. The van der Waals surface area contributed by atoms with Crippen LogP contribution in [-0.2, 0) is 4.79 Å². The first kappa shape index (κ1) is 21.7. The average molecular weight is 444 g/mol. The van der Waals surface area contributed by atoms with E-state index in [0.29, 0.717) is 23.9 Å². The second-order valence-electron chi connectivity index (χ2n) is 8.61. The summed E-state index contributed by atoms with van der Waals surface area (Å²) < 4.78 is 5.98. The number of nitrogens with zero attached hydrogens (tertiary/aromatic N) is 5. The number of ether oxygens (including phenoxy) is 1. The van der Waals surface area contributed by atoms with E-state index in [9.17, 15) is 4.79 Å². The maximum atomic E-state index is 13.1. The van der Waals surface area contributed by atoms with E-state index in [-0.39, 0.29) is 5.91 Å². The molecule has 2 saturated heterocycles. The third-order valence-corrected chi connectivity index (χ3v) is 6.11. The lowest BCUT2D eigenvalue weighted by Gasteiger charge is -2.39. The molecule has 2 fully saturated rings. The lowest BCUT2D eigenvalue weighted by molar-refractivity contribution is -0.145. The van der Waals surface area contributed by atoms with Crippen molar-refractivity contribution in [3.8, 4) is 5.75 Å². The van der Waals surface area contributed by atoms with Gasteiger partial charge >= 0.3 is 0 Å². The molecule has 2 aliphatic rings. The number of carbonyl (C=O) groups excluding carboxylic acids is 1. The predicted molar refractivity (Wildman–Crippen MR) is 123 cm³/mol. The highest BCUT2D eigenvalue weighted by Gasteiger charge is 2.36. The summed E-state index contributed by atoms with van der Waals surface area (Å²) in [6.45, 7) is 8.41. The van der Waals surface area contributed by atoms with Crippen LogP contribution in [0.2, 0.25) is 5.02 Å². The van der Waals surface area contributed by atoms with Crippen molar-refractivity contribution in [1.29, 1.82) is 0 Å². The van der Waals surface area contributed by atoms with Crippen LogP contribution in [0.5, 0.6) is 5.75 Å². The monoisotopic (exact) mass is 443 g/mol. The molecule has 0 bridgehead atoms. The average Bonchev–Trinajstić information content (AvgIpc) is 2.81. The number of aromatic nitrogens is 2. The summed E-state index contributed by atoms with van der Waals surface area (Å²) in [5, 5.41) is 0.640. The van der Waals surface area contributed by atoms with Crippen LogP contribution in [0, 0.1) is 0 Å². The molecule has 1 aromatic heterocycles. The molecule has 4 rings (SSSR count). The van der Waals surface area contributed by atoms with Gasteiger partial charge in [0.25, 0.3) is 5.91 Å². The molecule has 31 heavy (non-hydrogen) atoms. The second-order valence-corrected chi connectivity index (χ2v) is 9.04. The number of hydrogen-bond acceptors (Lipinski definition) is 6. The Kier molecular flexibility index (Phi) is 6.51. The van der Waals surface area contributed by atoms with Gasteiger partial charge in [-0.1, -0.05) is 11.6 Å². The Balaban J connectivity index is 1.35. The van der Waals surface area contributed by atoms with Crippen LogP contribution in [-0.4, -0.2) is 65.6 Å². The first-order chi connectivity index (χ1) is 14.9. The topological polar surface area (TPSA) is 61.8 Å². The summed E-state index contributed by atoms with van der Waals surface area (Å²) in [7, 11) is 0. The summed E-state index contributed by atoms with van der Waals surface area (Å²) in [6, 6.07) is 9.04. The molecule has 0 aliphatic carbocycles. The van der Waals surface area contributed by atoms with Gasteiger partial charge in [-0.3, -0.25) is 4.79 Å². The van der Waals surface area contributed by atoms with Crippen LogP contribution < -0.4 is 14.5 Å². The number of halogens is 1. The van der Waals surface area contributed by atoms with Crippen molar-refractivity contribution in [3.05, 3.63) is 41.6 Å². The van der Waals surface area contributed by atoms with Crippen LogP contribution in [0.4, 0.5) is 11.8 Å². The Hall–Kier alpha value is -2.54. The highest BCUT2D eigenvalue weighted by molar-refractivity contribution is 6.30. The minimum absolute atomic E-state index is 0.0150. The summed E-state index contributed by atoms with van der Waals surface area (Å²) in [5.41, 5.74) is -0.952. The van der Waals surface area contributed by atoms with E-state index in [4.69, 9.17) is 21.3 Å². The molecule has 0 spiro atoms. The Morgan fingerprint density at radius 2 is 1.61 bits per heavy atom. The molecule has 3 heterocycles. The highest BCUT2D eigenvalue weighted by atomic mass is 35.5. The molecular weight excluding hydrogens is 414 g/mol. The SMILES string of the molecule is CC(C)(Oc1ccc(Cl)cc1)C(=O)N1CCN(c2ccnc(N3CCCCC3)n2)CC1. The number of piperazine rings is 1. The van der Waals surface area contributed by atoms with Crippen molar-refractivity contribution >= 4 is 29.3 Å². The van der Waals surface area contributed by atoms with E-state index >= 15 is 0 Å². The number of rotatable bonds is 5. The van der Waals surface area contributed by atoms with Crippen molar-refractivity contribution < 1.29 is 9.53 Å². The van der Waals surface area contributed by atoms with E-state index in [1.165, 1.54) is 19.3 Å². The number of carbonyl (C=O) groups is 1. The van der Waals surface area contributed by atoms with Gasteiger partial charge in [0.1, 0.15) is 11.6 Å². The fraction of sp³-hybridized carbons (Fsp3) is 0.522. The molecule has 8 heteroatoms. The van der Waals surface area contributed by atoms with Gasteiger partial charge in [-0.05, 0) is 63.4 Å². The zero-order valence-electron chi connectivity index (χ0n) is 18.3. The van der Waals surface area contributed by atoms with Gasteiger partial charge in [0.2, 0.25) is 5.95 Å². The minimum Gasteiger partial charge on any atom is -0.478 e. The Morgan fingerprint density at radius 3 is 2.29 bits per heavy atom. The molecule has 7 nitrogen and oxygen atoms in total. The summed E-state index contributed by atoms with van der Waals surface area (Å²) in [5.74, 6) is 2.36. The molecule has 2 aromatic rings. The smallest absolute Gasteiger partial charge is 0.266 e. The molecule has 1 aromatic carbocycles. The van der Waals surface area contributed by atoms with Gasteiger partial charge in [-0.15, -0.1) is 0 Å². The van der Waals surface area contributed by atoms with Crippen LogP contribution >= 0.6 is 11.6 Å². The number of amides is 1. The molecule has 0 saturated carbocycles. The largest absolute Gasteiger partial charge is 0.478 e. The standard InChI is InChI=1S/C23H30ClN5O2/c1-23(2,31-19-8-6-18(24)7-9-19)21(30)28-16-14-27(15-17-28)20-10-11-25-22(26-20)29-12-4-3-5-13-29/h6-11H,3-5,12-17H2,1-2H3. The Morgan fingerprint density at radius 1 is 0.935 bits per heavy atom. The van der Waals surface area contributed by atoms with E-state index < -0.39 is 5.60 Å². The third-order valence-electron chi connectivity index (χ3n) is 5.86. The number of benzene rings is 1. The molecule has 0 atom stereocenters. The van der Waals surface area contributed by atoms with Crippen LogP contribution in [0.1, 0.15) is 33.1 Å². The van der Waals surface area contributed by atoms with Crippen LogP contribution in [0.3, 0.4) is 0 Å². The quantitative estimate of drug-likeness (QED) is 0.703. The molecule has 0 unspecified atom stereocenters. The molecule has 2 aliphatic heterocycles. The fourth-order valence-corrected chi connectivity index (χ4v) is 4.25. The van der Waals surface area contributed by atoms with Gasteiger partial charge in [0, 0.05) is 50.5 Å². The first-order valence-corrected chi connectivity index (χ1v) is 11.4. The van der Waals surface area contributed by atoms with E-state index in [2.05, 4.69) is 14.8 Å². The zero-order chi connectivity index (χ0) is 21.8. The number of hydrogen-bond donors (Lipinski definition) is 0. The second kappa shape index (κ2) is 9.30. The molecular formula is C23H30ClN5O2. The lowest BCUT2D eigenvalue weighted by Crippen LogP contribution is -2.56. The minimum atomic E-state index is -0.952. The summed E-state index contributed by atoms with van der Waals surface area (Å²) in [4.78, 5) is 28.8. The van der Waals surface area contributed by atoms with E-state index in [0.717, 1.165) is 37.9 Å². The number of anilines is 2. The van der Waals surface area contributed by atoms with Crippen LogP contribution in [0.25, 0.3) is 0 Å². The molecule has 0 radical (unpaired) electrons. The maximum absolute atomic E-state index is 13.1. The normalized spacial score (nSPS) is 17.6. The number of piperidine rings is 1. The van der Waals surface area contributed by atoms with Gasteiger partial charge in [0.05, 0.1) is 0 Å². The Bertz CT molecular complexity index is 891.